The van der Waals surface area contributed by atoms with Gasteiger partial charge in [-0.2, -0.15) is 0 Å². The maximum absolute atomic E-state index is 6.35. The minimum absolute atomic E-state index is 1.00. The predicted octanol–water partition coefficient (Wildman–Crippen LogP) is 12.4. The molecule has 208 valence electrons. The maximum atomic E-state index is 6.35. The van der Waals surface area contributed by atoms with Crippen LogP contribution in [0.25, 0.3) is 54.3 Å². The molecule has 0 aliphatic heterocycles. The van der Waals surface area contributed by atoms with E-state index >= 15 is 0 Å². The van der Waals surface area contributed by atoms with Crippen LogP contribution in [0.15, 0.2) is 69.5 Å². The molecule has 0 saturated heterocycles. The van der Waals surface area contributed by atoms with Gasteiger partial charge >= 0.3 is 0 Å². The molecule has 0 saturated carbocycles. The third-order valence-corrected chi connectivity index (χ3v) is 8.76. The van der Waals surface area contributed by atoms with Crippen molar-refractivity contribution in [2.45, 2.75) is 104 Å². The quantitative estimate of drug-likeness (QED) is 0.103. The van der Waals surface area contributed by atoms with E-state index in [2.05, 4.69) is 74.5 Å². The highest BCUT2D eigenvalue weighted by molar-refractivity contribution is 6.20. The molecule has 0 aliphatic carbocycles. The van der Waals surface area contributed by atoms with Crippen LogP contribution in [0.4, 0.5) is 0 Å². The lowest BCUT2D eigenvalue weighted by atomic mass is 9.96. The monoisotopic (exact) mass is 532 g/mol. The Morgan fingerprint density at radius 3 is 1.27 bits per heavy atom. The van der Waals surface area contributed by atoms with E-state index in [9.17, 15) is 0 Å². The minimum Gasteiger partial charge on any atom is -0.461 e. The first kappa shape index (κ1) is 26.9. The maximum Gasteiger partial charge on any atom is 0.134 e. The van der Waals surface area contributed by atoms with E-state index in [-0.39, 0.29) is 0 Å². The van der Waals surface area contributed by atoms with E-state index in [1.165, 1.54) is 120 Å². The Hall–Kier alpha value is -3.26. The molecule has 6 rings (SSSR count). The first-order chi connectivity index (χ1) is 19.7. The summed E-state index contributed by atoms with van der Waals surface area (Å²) in [7, 11) is 0. The minimum atomic E-state index is 1.00. The summed E-state index contributed by atoms with van der Waals surface area (Å²) >= 11 is 0. The second kappa shape index (κ2) is 12.5. The van der Waals surface area contributed by atoms with E-state index in [1.807, 2.05) is 0 Å². The van der Waals surface area contributed by atoms with Gasteiger partial charge in [0, 0.05) is 23.6 Å². The van der Waals surface area contributed by atoms with Crippen LogP contribution in [0.1, 0.15) is 102 Å². The van der Waals surface area contributed by atoms with Crippen molar-refractivity contribution in [2.24, 2.45) is 0 Å². The van der Waals surface area contributed by atoms with Crippen molar-refractivity contribution in [1.29, 1.82) is 0 Å². The molecule has 0 N–H and O–H groups in total. The number of fused-ring (bicyclic) bond motifs is 7. The largest absolute Gasteiger partial charge is 0.461 e. The molecule has 0 atom stereocenters. The molecule has 2 heterocycles. The normalized spacial score (nSPS) is 12.2. The lowest BCUT2D eigenvalue weighted by molar-refractivity contribution is 0.521. The summed E-state index contributed by atoms with van der Waals surface area (Å²) in [4.78, 5) is 0. The molecule has 0 amide bonds. The highest BCUT2D eigenvalue weighted by Gasteiger charge is 2.12. The molecule has 2 heteroatoms. The summed E-state index contributed by atoms with van der Waals surface area (Å²) in [5.74, 6) is 2.24. The first-order valence-electron chi connectivity index (χ1n) is 16.0. The SMILES string of the molecule is CCCCCCCCc1cc2cc3ccc4c5cc6oc(CCCCCCCC)cc6cc5ccc4c3cc2o1. The second-order valence-corrected chi connectivity index (χ2v) is 11.9. The second-order valence-electron chi connectivity index (χ2n) is 11.9. The van der Waals surface area contributed by atoms with Crippen molar-refractivity contribution < 1.29 is 8.83 Å². The van der Waals surface area contributed by atoms with Crippen LogP contribution in [0.5, 0.6) is 0 Å². The Balaban J connectivity index is 1.25. The summed E-state index contributed by atoms with van der Waals surface area (Å²) in [5, 5.41) is 10.0. The van der Waals surface area contributed by atoms with Gasteiger partial charge in [-0.15, -0.1) is 0 Å². The van der Waals surface area contributed by atoms with Crippen molar-refractivity contribution in [3.63, 3.8) is 0 Å². The van der Waals surface area contributed by atoms with Gasteiger partial charge in [0.2, 0.25) is 0 Å². The zero-order valence-electron chi connectivity index (χ0n) is 24.5. The summed E-state index contributed by atoms with van der Waals surface area (Å²) in [6.45, 7) is 4.55. The molecule has 0 unspecified atom stereocenters. The van der Waals surface area contributed by atoms with Crippen LogP contribution in [-0.4, -0.2) is 0 Å². The average Bonchev–Trinajstić information content (AvgIpc) is 3.56. The molecule has 0 aliphatic rings. The molecule has 0 fully saturated rings. The van der Waals surface area contributed by atoms with Crippen molar-refractivity contribution in [1.82, 2.24) is 0 Å². The lowest BCUT2D eigenvalue weighted by Crippen LogP contribution is -1.83. The van der Waals surface area contributed by atoms with Crippen LogP contribution in [0, 0.1) is 0 Å². The summed E-state index contributed by atoms with van der Waals surface area (Å²) in [6.07, 6.45) is 17.8. The number of hydrogen-bond donors (Lipinski definition) is 0. The Morgan fingerprint density at radius 2 is 0.825 bits per heavy atom. The van der Waals surface area contributed by atoms with Crippen molar-refractivity contribution in [2.75, 3.05) is 0 Å². The Labute approximate surface area is 238 Å². The molecule has 0 spiro atoms. The van der Waals surface area contributed by atoms with Gasteiger partial charge in [-0.1, -0.05) is 102 Å². The van der Waals surface area contributed by atoms with Crippen LogP contribution in [0.2, 0.25) is 0 Å². The van der Waals surface area contributed by atoms with E-state index in [4.69, 9.17) is 8.83 Å². The highest BCUT2D eigenvalue weighted by Crippen LogP contribution is 2.36. The Morgan fingerprint density at radius 1 is 0.400 bits per heavy atom. The third-order valence-electron chi connectivity index (χ3n) is 8.76. The van der Waals surface area contributed by atoms with Crippen LogP contribution in [-0.2, 0) is 12.8 Å². The fraction of sp³-hybridized carbons (Fsp3) is 0.421. The smallest absolute Gasteiger partial charge is 0.134 e. The number of furan rings is 2. The Kier molecular flexibility index (Phi) is 8.42. The number of benzene rings is 4. The zero-order chi connectivity index (χ0) is 27.3. The van der Waals surface area contributed by atoms with Gasteiger partial charge in [-0.3, -0.25) is 0 Å². The van der Waals surface area contributed by atoms with Crippen LogP contribution in [0.3, 0.4) is 0 Å². The number of aryl methyl sites for hydroxylation is 2. The van der Waals surface area contributed by atoms with Gasteiger partial charge in [0.15, 0.2) is 0 Å². The van der Waals surface area contributed by atoms with Gasteiger partial charge in [0.1, 0.15) is 22.7 Å². The number of hydrogen-bond acceptors (Lipinski definition) is 2. The fourth-order valence-electron chi connectivity index (χ4n) is 6.46. The molecular weight excluding hydrogens is 488 g/mol. The third kappa shape index (κ3) is 5.78. The van der Waals surface area contributed by atoms with Crippen LogP contribution >= 0.6 is 0 Å². The van der Waals surface area contributed by atoms with Gasteiger partial charge < -0.3 is 8.83 Å². The van der Waals surface area contributed by atoms with Crippen molar-refractivity contribution >= 4 is 54.3 Å². The van der Waals surface area contributed by atoms with E-state index in [1.54, 1.807) is 0 Å². The van der Waals surface area contributed by atoms with Crippen molar-refractivity contribution in [3.8, 4) is 0 Å². The Bertz CT molecular complexity index is 1600. The molecule has 0 bridgehead atoms. The number of rotatable bonds is 14. The highest BCUT2D eigenvalue weighted by atomic mass is 16.3. The van der Waals surface area contributed by atoms with E-state index < -0.39 is 0 Å². The van der Waals surface area contributed by atoms with Gasteiger partial charge in [0.25, 0.3) is 0 Å². The van der Waals surface area contributed by atoms with Crippen molar-refractivity contribution in [3.05, 3.63) is 72.2 Å². The fourth-order valence-corrected chi connectivity index (χ4v) is 6.46. The lowest BCUT2D eigenvalue weighted by Gasteiger charge is -2.08. The van der Waals surface area contributed by atoms with Gasteiger partial charge in [-0.25, -0.2) is 0 Å². The molecular formula is C38H44O2. The standard InChI is InChI=1S/C38H44O2/c1-3-5-7-9-11-13-15-31-23-29-21-27-17-19-34-33(35(27)25-37(29)39-31)20-18-28-22-30-24-32(40-38(30)26-36(28)34)16-14-12-10-8-6-4-2/h17-26H,3-16H2,1-2H3. The summed E-state index contributed by atoms with van der Waals surface area (Å²) < 4.78 is 12.7. The van der Waals surface area contributed by atoms with E-state index in [0.717, 1.165) is 35.5 Å². The number of unbranched alkanes of at least 4 members (excludes halogenated alkanes) is 10. The van der Waals surface area contributed by atoms with Gasteiger partial charge in [0.05, 0.1) is 0 Å². The first-order valence-corrected chi connectivity index (χ1v) is 16.0. The molecule has 2 aromatic heterocycles. The molecule has 4 aromatic carbocycles. The molecule has 0 radical (unpaired) electrons. The topological polar surface area (TPSA) is 26.3 Å². The molecule has 40 heavy (non-hydrogen) atoms. The average molecular weight is 533 g/mol. The molecule has 2 nitrogen and oxygen atoms in total. The summed E-state index contributed by atoms with van der Waals surface area (Å²) in [5.41, 5.74) is 2.00. The van der Waals surface area contributed by atoms with Crippen LogP contribution < -0.4 is 0 Å². The summed E-state index contributed by atoms with van der Waals surface area (Å²) in [6, 6.07) is 22.7. The molecule has 6 aromatic rings. The van der Waals surface area contributed by atoms with Gasteiger partial charge in [-0.05, 0) is 81.6 Å². The predicted molar refractivity (Wildman–Crippen MR) is 173 cm³/mol. The zero-order valence-corrected chi connectivity index (χ0v) is 24.5. The van der Waals surface area contributed by atoms with E-state index in [0.29, 0.717) is 0 Å².